The maximum atomic E-state index is 13.1. The first-order chi connectivity index (χ1) is 38.8. The normalized spacial score (nSPS) is 19.2. The predicted molar refractivity (Wildman–Crippen MR) is 336 cm³/mol. The van der Waals surface area contributed by atoms with Gasteiger partial charge in [0.1, 0.15) is 24.4 Å². The number of hydrogen-bond donors (Lipinski definition) is 6. The highest BCUT2D eigenvalue weighted by Gasteiger charge is 2.44. The van der Waals surface area contributed by atoms with E-state index in [1.165, 1.54) is 167 Å². The maximum absolute atomic E-state index is 13.1. The molecule has 79 heavy (non-hydrogen) atoms. The van der Waals surface area contributed by atoms with Crippen LogP contribution in [0.3, 0.4) is 0 Å². The van der Waals surface area contributed by atoms with Crippen molar-refractivity contribution in [3.8, 4) is 0 Å². The minimum absolute atomic E-state index is 0.140. The zero-order valence-electron chi connectivity index (χ0n) is 50.9. The fourth-order valence-electron chi connectivity index (χ4n) is 10.1. The fraction of sp³-hybridized carbons (Fsp3) is 0.757. The van der Waals surface area contributed by atoms with E-state index >= 15 is 0 Å². The lowest BCUT2D eigenvalue weighted by molar-refractivity contribution is -0.302. The summed E-state index contributed by atoms with van der Waals surface area (Å²) in [5.41, 5.74) is 0. The Morgan fingerprint density at radius 3 is 1.16 bits per heavy atom. The van der Waals surface area contributed by atoms with Gasteiger partial charge in [-0.15, -0.1) is 0 Å². The number of hydrogen-bond acceptors (Lipinski definition) is 8. The molecule has 9 heteroatoms. The summed E-state index contributed by atoms with van der Waals surface area (Å²) in [6.45, 7) is 3.74. The van der Waals surface area contributed by atoms with Crippen LogP contribution in [-0.2, 0) is 14.3 Å². The second kappa shape index (κ2) is 58.3. The van der Waals surface area contributed by atoms with Crippen molar-refractivity contribution in [2.75, 3.05) is 13.2 Å². The lowest BCUT2D eigenvalue weighted by atomic mass is 9.99. The molecule has 7 atom stereocenters. The molecule has 1 heterocycles. The number of rotatable bonds is 56. The van der Waals surface area contributed by atoms with E-state index in [4.69, 9.17) is 9.47 Å². The number of amides is 1. The quantitative estimate of drug-likeness (QED) is 0.0261. The first-order valence-electron chi connectivity index (χ1n) is 32.9. The molecule has 1 fully saturated rings. The van der Waals surface area contributed by atoms with Crippen LogP contribution in [0.5, 0.6) is 0 Å². The molecule has 0 aliphatic carbocycles. The summed E-state index contributed by atoms with van der Waals surface area (Å²) in [7, 11) is 0. The highest BCUT2D eigenvalue weighted by molar-refractivity contribution is 5.76. The average molecular weight is 1110 g/mol. The van der Waals surface area contributed by atoms with Gasteiger partial charge in [0.15, 0.2) is 6.29 Å². The minimum Gasteiger partial charge on any atom is -0.394 e. The molecule has 9 nitrogen and oxygen atoms in total. The molecular formula is C70H123NO8. The summed E-state index contributed by atoms with van der Waals surface area (Å²) < 4.78 is 11.3. The Labute approximate surface area is 485 Å². The van der Waals surface area contributed by atoms with Gasteiger partial charge in [-0.3, -0.25) is 4.79 Å². The first kappa shape index (κ1) is 74.1. The van der Waals surface area contributed by atoms with Crippen LogP contribution >= 0.6 is 0 Å². The van der Waals surface area contributed by atoms with E-state index in [2.05, 4.69) is 116 Å². The summed E-state index contributed by atoms with van der Waals surface area (Å²) in [5.74, 6) is -0.145. The predicted octanol–water partition coefficient (Wildman–Crippen LogP) is 17.5. The smallest absolute Gasteiger partial charge is 0.220 e. The number of ether oxygens (including phenoxy) is 2. The van der Waals surface area contributed by atoms with E-state index in [0.29, 0.717) is 12.8 Å². The van der Waals surface area contributed by atoms with Crippen LogP contribution in [0.4, 0.5) is 0 Å². The molecule has 1 aliphatic rings. The Bertz CT molecular complexity index is 1560. The van der Waals surface area contributed by atoms with Crippen molar-refractivity contribution >= 4 is 5.91 Å². The van der Waals surface area contributed by atoms with Gasteiger partial charge in [0.05, 0.1) is 25.4 Å². The Morgan fingerprint density at radius 2 is 0.785 bits per heavy atom. The Morgan fingerprint density at radius 1 is 0.443 bits per heavy atom. The van der Waals surface area contributed by atoms with Crippen molar-refractivity contribution in [1.29, 1.82) is 0 Å². The highest BCUT2D eigenvalue weighted by Crippen LogP contribution is 2.23. The van der Waals surface area contributed by atoms with Gasteiger partial charge in [0.25, 0.3) is 0 Å². The number of unbranched alkanes of at least 4 members (excludes halogenated alkanes) is 30. The van der Waals surface area contributed by atoms with Crippen molar-refractivity contribution in [2.24, 2.45) is 0 Å². The van der Waals surface area contributed by atoms with E-state index in [-0.39, 0.29) is 12.5 Å². The molecule has 0 aromatic heterocycles. The standard InChI is InChI=1S/C70H123NO8/c1-3-5-7-9-11-13-15-17-19-21-22-23-24-25-26-27-28-29-30-31-32-33-34-35-36-37-38-39-40-41-42-44-46-48-50-52-54-56-58-60-66(74)71-63(62-78-70-69(77)68(76)67(75)65(61-72)79-70)64(73)59-57-55-53-51-49-47-45-43-20-18-16-14-12-10-8-6-4-2/h5,7,11,13,17,19,22-23,25-26,28-29,31-32,34-35,63-65,67-70,72-73,75-77H,3-4,6,8-10,12,14-16,18,20-21,24,27,30,33,36-62H2,1-2H3,(H,71,74)/b7-5-,13-11-,19-17-,23-22-,26-25-,29-28-,32-31-,35-34-. The maximum Gasteiger partial charge on any atom is 0.220 e. The molecule has 0 radical (unpaired) electrons. The van der Waals surface area contributed by atoms with Crippen molar-refractivity contribution in [3.05, 3.63) is 97.2 Å². The van der Waals surface area contributed by atoms with E-state index < -0.39 is 49.5 Å². The third-order valence-corrected chi connectivity index (χ3v) is 15.2. The zero-order chi connectivity index (χ0) is 57.2. The van der Waals surface area contributed by atoms with Gasteiger partial charge in [-0.2, -0.15) is 0 Å². The molecule has 0 aromatic carbocycles. The van der Waals surface area contributed by atoms with Crippen LogP contribution in [0.25, 0.3) is 0 Å². The average Bonchev–Trinajstić information content (AvgIpc) is 3.48. The lowest BCUT2D eigenvalue weighted by Crippen LogP contribution is -2.60. The van der Waals surface area contributed by atoms with E-state index in [1.54, 1.807) is 0 Å². The number of carbonyl (C=O) groups excluding carboxylic acids is 1. The summed E-state index contributed by atoms with van der Waals surface area (Å²) in [4.78, 5) is 13.1. The van der Waals surface area contributed by atoms with E-state index in [1.807, 2.05) is 0 Å². The molecule has 0 spiro atoms. The number of aliphatic hydroxyl groups is 5. The second-order valence-electron chi connectivity index (χ2n) is 22.5. The van der Waals surface area contributed by atoms with E-state index in [9.17, 15) is 30.3 Å². The van der Waals surface area contributed by atoms with Gasteiger partial charge in [0.2, 0.25) is 5.91 Å². The lowest BCUT2D eigenvalue weighted by Gasteiger charge is -2.40. The van der Waals surface area contributed by atoms with Gasteiger partial charge < -0.3 is 40.3 Å². The SMILES string of the molecule is CC/C=C\C/C=C\C/C=C\C/C=C\C/C=C\C/C=C\C/C=C\C/C=C\CCCCCCCCCCCCCCCCC(=O)NC(COC1OC(CO)C(O)C(O)C1O)C(O)CCCCCCCCCCCCCCCCCCC. The molecule has 6 N–H and O–H groups in total. The van der Waals surface area contributed by atoms with Gasteiger partial charge in [-0.25, -0.2) is 0 Å². The van der Waals surface area contributed by atoms with Crippen LogP contribution in [-0.4, -0.2) is 87.5 Å². The molecule has 7 unspecified atom stereocenters. The molecule has 1 saturated heterocycles. The third-order valence-electron chi connectivity index (χ3n) is 15.2. The highest BCUT2D eigenvalue weighted by atomic mass is 16.7. The number of aliphatic hydroxyl groups excluding tert-OH is 5. The van der Waals surface area contributed by atoms with Gasteiger partial charge in [-0.05, 0) is 77.0 Å². The van der Waals surface area contributed by atoms with Gasteiger partial charge in [0, 0.05) is 6.42 Å². The largest absolute Gasteiger partial charge is 0.394 e. The summed E-state index contributed by atoms with van der Waals surface area (Å²) in [6.07, 6.45) is 77.4. The van der Waals surface area contributed by atoms with Crippen LogP contribution in [0.15, 0.2) is 97.2 Å². The third kappa shape index (κ3) is 47.3. The molecule has 1 amide bonds. The summed E-state index contributed by atoms with van der Waals surface area (Å²) >= 11 is 0. The van der Waals surface area contributed by atoms with Crippen molar-refractivity contribution in [3.63, 3.8) is 0 Å². The molecule has 1 rings (SSSR count). The molecular weight excluding hydrogens is 983 g/mol. The van der Waals surface area contributed by atoms with Crippen molar-refractivity contribution in [1.82, 2.24) is 5.32 Å². The van der Waals surface area contributed by atoms with Crippen LogP contribution in [0.1, 0.15) is 284 Å². The first-order valence-corrected chi connectivity index (χ1v) is 32.9. The summed E-state index contributed by atoms with van der Waals surface area (Å²) in [6, 6.07) is -0.724. The Kier molecular flexibility index (Phi) is 54.7. The summed E-state index contributed by atoms with van der Waals surface area (Å²) in [5, 5.41) is 54.8. The Hall–Kier alpha value is -2.89. The Balaban J connectivity index is 2.10. The monoisotopic (exact) mass is 1110 g/mol. The molecule has 1 aliphatic heterocycles. The fourth-order valence-corrected chi connectivity index (χ4v) is 10.1. The minimum atomic E-state index is -1.56. The van der Waals surface area contributed by atoms with Crippen molar-refractivity contribution < 1.29 is 39.8 Å². The van der Waals surface area contributed by atoms with E-state index in [0.717, 1.165) is 89.9 Å². The zero-order valence-corrected chi connectivity index (χ0v) is 50.9. The molecule has 0 saturated carbocycles. The molecule has 456 valence electrons. The van der Waals surface area contributed by atoms with Gasteiger partial charge >= 0.3 is 0 Å². The topological polar surface area (TPSA) is 149 Å². The number of nitrogens with one attached hydrogen (secondary N) is 1. The molecule has 0 aromatic rings. The second-order valence-corrected chi connectivity index (χ2v) is 22.5. The van der Waals surface area contributed by atoms with Crippen LogP contribution < -0.4 is 5.32 Å². The van der Waals surface area contributed by atoms with Crippen LogP contribution in [0, 0.1) is 0 Å². The van der Waals surface area contributed by atoms with Gasteiger partial charge in [-0.1, -0.05) is 297 Å². The van der Waals surface area contributed by atoms with Crippen LogP contribution in [0.2, 0.25) is 0 Å². The van der Waals surface area contributed by atoms with Crippen molar-refractivity contribution in [2.45, 2.75) is 326 Å². The number of allylic oxidation sites excluding steroid dienone is 16. The molecule has 0 bridgehead atoms. The number of carbonyl (C=O) groups is 1.